The van der Waals surface area contributed by atoms with Crippen molar-refractivity contribution in [2.24, 2.45) is 5.10 Å². The number of amides is 1. The fourth-order valence-corrected chi connectivity index (χ4v) is 4.35. The molecule has 1 heterocycles. The number of nitrogens with zero attached hydrogens (tertiary/aromatic N) is 2. The second-order valence-electron chi connectivity index (χ2n) is 7.96. The number of para-hydroxylation sites is 1. The number of aromatic nitrogens is 1. The van der Waals surface area contributed by atoms with Crippen LogP contribution in [-0.2, 0) is 11.3 Å². The van der Waals surface area contributed by atoms with Crippen LogP contribution in [0.4, 0.5) is 0 Å². The highest BCUT2D eigenvalue weighted by Crippen LogP contribution is 2.30. The van der Waals surface area contributed by atoms with Crippen LogP contribution in [0, 0.1) is 0 Å². The lowest BCUT2D eigenvalue weighted by Gasteiger charge is -2.10. The molecule has 0 atom stereocenters. The summed E-state index contributed by atoms with van der Waals surface area (Å²) in [6, 6.07) is 20.5. The van der Waals surface area contributed by atoms with Crippen LogP contribution in [0.5, 0.6) is 5.75 Å². The lowest BCUT2D eigenvalue weighted by Crippen LogP contribution is -2.24. The molecule has 0 radical (unpaired) electrons. The standard InChI is InChI=1S/C26H26BrN3O2/c1-4-30-23-8-6-5-7-20(23)21-13-18(9-11-24(21)30)15-28-29-26(31)16-32-25-12-10-19(17(2)3)14-22(25)27/h5-15,17H,4,16H2,1-3H3,(H,29,31). The molecule has 3 aromatic carbocycles. The monoisotopic (exact) mass is 491 g/mol. The Morgan fingerprint density at radius 3 is 2.62 bits per heavy atom. The van der Waals surface area contributed by atoms with E-state index in [-0.39, 0.29) is 12.5 Å². The number of carbonyl (C=O) groups is 1. The van der Waals surface area contributed by atoms with Crippen LogP contribution in [0.15, 0.2) is 70.2 Å². The van der Waals surface area contributed by atoms with Crippen molar-refractivity contribution in [1.29, 1.82) is 0 Å². The summed E-state index contributed by atoms with van der Waals surface area (Å²) in [7, 11) is 0. The summed E-state index contributed by atoms with van der Waals surface area (Å²) in [6.45, 7) is 7.21. The number of fused-ring (bicyclic) bond motifs is 3. The summed E-state index contributed by atoms with van der Waals surface area (Å²) < 4.78 is 8.76. The number of benzene rings is 3. The van der Waals surface area contributed by atoms with Gasteiger partial charge in [-0.2, -0.15) is 5.10 Å². The minimum absolute atomic E-state index is 0.111. The number of ether oxygens (including phenoxy) is 1. The first-order valence-electron chi connectivity index (χ1n) is 10.7. The number of rotatable bonds is 7. The van der Waals surface area contributed by atoms with E-state index in [9.17, 15) is 4.79 Å². The van der Waals surface area contributed by atoms with Crippen molar-refractivity contribution in [3.8, 4) is 5.75 Å². The molecule has 4 aromatic rings. The summed E-state index contributed by atoms with van der Waals surface area (Å²) in [5, 5.41) is 6.49. The molecule has 5 nitrogen and oxygen atoms in total. The van der Waals surface area contributed by atoms with Crippen molar-refractivity contribution >= 4 is 49.9 Å². The Balaban J connectivity index is 1.41. The fourth-order valence-electron chi connectivity index (χ4n) is 3.84. The van der Waals surface area contributed by atoms with E-state index in [0.717, 1.165) is 16.6 Å². The highest BCUT2D eigenvalue weighted by molar-refractivity contribution is 9.10. The fraction of sp³-hybridized carbons (Fsp3) is 0.231. The molecule has 0 fully saturated rings. The average Bonchev–Trinajstić information content (AvgIpc) is 3.11. The van der Waals surface area contributed by atoms with Gasteiger partial charge in [-0.15, -0.1) is 0 Å². The molecule has 6 heteroatoms. The summed E-state index contributed by atoms with van der Waals surface area (Å²) in [5.41, 5.74) is 7.08. The second-order valence-corrected chi connectivity index (χ2v) is 8.82. The van der Waals surface area contributed by atoms with Crippen LogP contribution >= 0.6 is 15.9 Å². The van der Waals surface area contributed by atoms with Gasteiger partial charge in [0.2, 0.25) is 0 Å². The van der Waals surface area contributed by atoms with Gasteiger partial charge in [0.15, 0.2) is 6.61 Å². The first-order chi connectivity index (χ1) is 15.5. The number of carbonyl (C=O) groups excluding carboxylic acids is 1. The Labute approximate surface area is 196 Å². The number of aryl methyl sites for hydroxylation is 1. The Morgan fingerprint density at radius 2 is 1.88 bits per heavy atom. The maximum absolute atomic E-state index is 12.2. The van der Waals surface area contributed by atoms with Crippen molar-refractivity contribution in [2.75, 3.05) is 6.61 Å². The molecule has 0 aliphatic heterocycles. The highest BCUT2D eigenvalue weighted by atomic mass is 79.9. The molecule has 0 spiro atoms. The Morgan fingerprint density at radius 1 is 1.09 bits per heavy atom. The third-order valence-corrected chi connectivity index (χ3v) is 6.12. The summed E-state index contributed by atoms with van der Waals surface area (Å²) in [5.74, 6) is 0.742. The molecule has 1 amide bonds. The quantitative estimate of drug-likeness (QED) is 0.246. The molecule has 1 aromatic heterocycles. The van der Waals surface area contributed by atoms with Gasteiger partial charge in [-0.25, -0.2) is 5.43 Å². The third kappa shape index (κ3) is 4.55. The van der Waals surface area contributed by atoms with Gasteiger partial charge >= 0.3 is 0 Å². The van der Waals surface area contributed by atoms with Crippen LogP contribution in [0.2, 0.25) is 0 Å². The maximum Gasteiger partial charge on any atom is 0.277 e. The van der Waals surface area contributed by atoms with Gasteiger partial charge in [-0.3, -0.25) is 4.79 Å². The van der Waals surface area contributed by atoms with Crippen molar-refractivity contribution < 1.29 is 9.53 Å². The molecule has 0 aliphatic rings. The van der Waals surface area contributed by atoms with Gasteiger partial charge in [0.05, 0.1) is 10.7 Å². The molecule has 0 saturated carbocycles. The SMILES string of the molecule is CCn1c2ccccc2c2cc(C=NNC(=O)COc3ccc(C(C)C)cc3Br)ccc21. The third-order valence-electron chi connectivity index (χ3n) is 5.50. The molecule has 4 rings (SSSR count). The van der Waals surface area contributed by atoms with Crippen molar-refractivity contribution in [2.45, 2.75) is 33.2 Å². The van der Waals surface area contributed by atoms with E-state index in [2.05, 4.69) is 88.2 Å². The van der Waals surface area contributed by atoms with Gasteiger partial charge in [0.25, 0.3) is 5.91 Å². The Kier molecular flexibility index (Phi) is 6.61. The zero-order valence-corrected chi connectivity index (χ0v) is 20.0. The van der Waals surface area contributed by atoms with Crippen molar-refractivity contribution in [3.63, 3.8) is 0 Å². The van der Waals surface area contributed by atoms with Gasteiger partial charge in [0, 0.05) is 28.4 Å². The summed E-state index contributed by atoms with van der Waals surface area (Å²) >= 11 is 3.50. The zero-order chi connectivity index (χ0) is 22.7. The van der Waals surface area contributed by atoms with E-state index in [1.807, 2.05) is 24.3 Å². The molecule has 164 valence electrons. The van der Waals surface area contributed by atoms with E-state index in [1.165, 1.54) is 27.4 Å². The molecule has 32 heavy (non-hydrogen) atoms. The minimum Gasteiger partial charge on any atom is -0.483 e. The number of hydrazone groups is 1. The van der Waals surface area contributed by atoms with E-state index >= 15 is 0 Å². The highest BCUT2D eigenvalue weighted by Gasteiger charge is 2.10. The smallest absolute Gasteiger partial charge is 0.277 e. The molecule has 0 saturated heterocycles. The van der Waals surface area contributed by atoms with Crippen LogP contribution in [0.25, 0.3) is 21.8 Å². The van der Waals surface area contributed by atoms with Gasteiger partial charge < -0.3 is 9.30 Å². The predicted octanol–water partition coefficient (Wildman–Crippen LogP) is 6.23. The zero-order valence-electron chi connectivity index (χ0n) is 18.4. The second kappa shape index (κ2) is 9.57. The van der Waals surface area contributed by atoms with Gasteiger partial charge in [-0.1, -0.05) is 44.2 Å². The number of hydrogen-bond acceptors (Lipinski definition) is 3. The normalized spacial score (nSPS) is 11.7. The molecule has 0 aliphatic carbocycles. The summed E-state index contributed by atoms with van der Waals surface area (Å²) in [4.78, 5) is 12.2. The Hall–Kier alpha value is -3.12. The van der Waals surface area contributed by atoms with Crippen LogP contribution < -0.4 is 10.2 Å². The van der Waals surface area contributed by atoms with E-state index in [1.54, 1.807) is 6.21 Å². The first kappa shape index (κ1) is 22.1. The van der Waals surface area contributed by atoms with Crippen LogP contribution in [-0.4, -0.2) is 23.3 Å². The summed E-state index contributed by atoms with van der Waals surface area (Å²) in [6.07, 6.45) is 1.66. The van der Waals surface area contributed by atoms with Crippen molar-refractivity contribution in [1.82, 2.24) is 9.99 Å². The van der Waals surface area contributed by atoms with Gasteiger partial charge in [-0.05, 0) is 70.2 Å². The Bertz CT molecular complexity index is 1310. The predicted molar refractivity (Wildman–Crippen MR) is 135 cm³/mol. The average molecular weight is 492 g/mol. The lowest BCUT2D eigenvalue weighted by molar-refractivity contribution is -0.123. The largest absolute Gasteiger partial charge is 0.483 e. The number of hydrogen-bond donors (Lipinski definition) is 1. The molecular formula is C26H26BrN3O2. The topological polar surface area (TPSA) is 55.6 Å². The minimum atomic E-state index is -0.315. The van der Waals surface area contributed by atoms with E-state index in [4.69, 9.17) is 4.74 Å². The van der Waals surface area contributed by atoms with Crippen LogP contribution in [0.1, 0.15) is 37.8 Å². The van der Waals surface area contributed by atoms with Gasteiger partial charge in [0.1, 0.15) is 5.75 Å². The maximum atomic E-state index is 12.2. The first-order valence-corrected chi connectivity index (χ1v) is 11.5. The van der Waals surface area contributed by atoms with E-state index < -0.39 is 0 Å². The molecule has 0 unspecified atom stereocenters. The molecule has 1 N–H and O–H groups in total. The van der Waals surface area contributed by atoms with Crippen molar-refractivity contribution in [3.05, 3.63) is 76.3 Å². The number of halogens is 1. The molecular weight excluding hydrogens is 466 g/mol. The number of nitrogens with one attached hydrogen (secondary N) is 1. The lowest BCUT2D eigenvalue weighted by atomic mass is 10.0. The van der Waals surface area contributed by atoms with Crippen LogP contribution in [0.3, 0.4) is 0 Å². The molecule has 0 bridgehead atoms. The van der Waals surface area contributed by atoms with E-state index in [0.29, 0.717) is 11.7 Å².